The number of likely N-dealkylation sites (tertiary alicyclic amines) is 2. The van der Waals surface area contributed by atoms with Crippen LogP contribution < -0.4 is 15.5 Å². The number of benzene rings is 2. The molecule has 11 nitrogen and oxygen atoms in total. The van der Waals surface area contributed by atoms with Gasteiger partial charge in [0.05, 0.1) is 12.6 Å². The second kappa shape index (κ2) is 15.2. The SMILES string of the molecule is CC(C)C[C@H](NC(=O)c1ccc(N(C)C)cc1)C(=O)N1CC[C@@H]2C1C(=O)CN2C(=O)[C@@H](CC(C)C)NC(=O)OCc1ccccc1. The van der Waals surface area contributed by atoms with Gasteiger partial charge in [-0.2, -0.15) is 0 Å². The highest BCUT2D eigenvalue weighted by Crippen LogP contribution is 2.32. The van der Waals surface area contributed by atoms with Crippen LogP contribution in [0.15, 0.2) is 54.6 Å². The number of amides is 4. The molecule has 46 heavy (non-hydrogen) atoms. The number of fused-ring (bicyclic) bond motifs is 1. The lowest BCUT2D eigenvalue weighted by Gasteiger charge is -2.30. The minimum Gasteiger partial charge on any atom is -0.445 e. The summed E-state index contributed by atoms with van der Waals surface area (Å²) in [6.45, 7) is 8.04. The zero-order chi connectivity index (χ0) is 33.5. The lowest BCUT2D eigenvalue weighted by molar-refractivity contribution is -0.138. The van der Waals surface area contributed by atoms with Crippen molar-refractivity contribution in [1.29, 1.82) is 0 Å². The van der Waals surface area contributed by atoms with E-state index in [4.69, 9.17) is 4.74 Å². The van der Waals surface area contributed by atoms with Gasteiger partial charge in [0.1, 0.15) is 24.7 Å². The highest BCUT2D eigenvalue weighted by atomic mass is 16.5. The number of Topliss-reactive ketones (excluding diaryl/α,β-unsaturated/α-hetero) is 1. The number of rotatable bonds is 12. The maximum Gasteiger partial charge on any atom is 0.408 e. The average Bonchev–Trinajstić information content (AvgIpc) is 3.60. The summed E-state index contributed by atoms with van der Waals surface area (Å²) in [5.41, 5.74) is 2.21. The molecular weight excluding hydrogens is 586 g/mol. The molecule has 2 aliphatic rings. The van der Waals surface area contributed by atoms with Crippen LogP contribution in [-0.2, 0) is 25.7 Å². The first-order valence-corrected chi connectivity index (χ1v) is 16.0. The molecular formula is C35H47N5O6. The van der Waals surface area contributed by atoms with E-state index in [1.807, 2.05) is 89.2 Å². The Labute approximate surface area is 271 Å². The average molecular weight is 634 g/mol. The van der Waals surface area contributed by atoms with Crippen LogP contribution in [0.3, 0.4) is 0 Å². The monoisotopic (exact) mass is 633 g/mol. The molecule has 2 saturated heterocycles. The molecule has 4 atom stereocenters. The van der Waals surface area contributed by atoms with Crippen LogP contribution in [0, 0.1) is 11.8 Å². The first-order chi connectivity index (χ1) is 21.8. The molecule has 0 aromatic heterocycles. The Morgan fingerprint density at radius 3 is 2.02 bits per heavy atom. The van der Waals surface area contributed by atoms with Crippen molar-refractivity contribution in [2.75, 3.05) is 32.1 Å². The summed E-state index contributed by atoms with van der Waals surface area (Å²) in [7, 11) is 3.83. The fourth-order valence-electron chi connectivity index (χ4n) is 6.20. The van der Waals surface area contributed by atoms with E-state index >= 15 is 0 Å². The predicted octanol–water partition coefficient (Wildman–Crippen LogP) is 3.62. The zero-order valence-corrected chi connectivity index (χ0v) is 27.7. The lowest BCUT2D eigenvalue weighted by atomic mass is 10.0. The van der Waals surface area contributed by atoms with Crippen LogP contribution in [0.4, 0.5) is 10.5 Å². The number of ether oxygens (including phenoxy) is 1. The summed E-state index contributed by atoms with van der Waals surface area (Å²) in [6, 6.07) is 13.4. The third-order valence-corrected chi connectivity index (χ3v) is 8.46. The van der Waals surface area contributed by atoms with Crippen molar-refractivity contribution in [2.45, 2.75) is 77.7 Å². The topological polar surface area (TPSA) is 128 Å². The van der Waals surface area contributed by atoms with E-state index in [1.165, 1.54) is 9.80 Å². The molecule has 2 aromatic rings. The van der Waals surface area contributed by atoms with Gasteiger partial charge in [-0.3, -0.25) is 19.2 Å². The van der Waals surface area contributed by atoms with Crippen molar-refractivity contribution in [1.82, 2.24) is 20.4 Å². The van der Waals surface area contributed by atoms with E-state index in [1.54, 1.807) is 12.1 Å². The van der Waals surface area contributed by atoms with Crippen molar-refractivity contribution in [3.8, 4) is 0 Å². The van der Waals surface area contributed by atoms with Crippen molar-refractivity contribution >= 4 is 35.3 Å². The Balaban J connectivity index is 1.44. The molecule has 4 amide bonds. The van der Waals surface area contributed by atoms with Crippen LogP contribution in [0.5, 0.6) is 0 Å². The van der Waals surface area contributed by atoms with Crippen molar-refractivity contribution in [3.05, 3.63) is 65.7 Å². The molecule has 4 rings (SSSR count). The molecule has 1 unspecified atom stereocenters. The smallest absolute Gasteiger partial charge is 0.408 e. The number of ketones is 1. The fourth-order valence-corrected chi connectivity index (χ4v) is 6.20. The van der Waals surface area contributed by atoms with Gasteiger partial charge in [0.2, 0.25) is 11.8 Å². The minimum absolute atomic E-state index is 0.0642. The number of carbonyl (C=O) groups is 5. The molecule has 2 aliphatic heterocycles. The second-order valence-corrected chi connectivity index (χ2v) is 13.3. The predicted molar refractivity (Wildman–Crippen MR) is 175 cm³/mol. The Morgan fingerprint density at radius 2 is 1.43 bits per heavy atom. The van der Waals surface area contributed by atoms with Crippen molar-refractivity contribution in [3.63, 3.8) is 0 Å². The summed E-state index contributed by atoms with van der Waals surface area (Å²) in [6.07, 6.45) is 0.477. The van der Waals surface area contributed by atoms with E-state index in [0.717, 1.165) is 11.3 Å². The van der Waals surface area contributed by atoms with Gasteiger partial charge in [-0.25, -0.2) is 4.79 Å². The summed E-state index contributed by atoms with van der Waals surface area (Å²) in [4.78, 5) is 72.0. The number of nitrogens with zero attached hydrogens (tertiary/aromatic N) is 3. The van der Waals surface area contributed by atoms with E-state index in [2.05, 4.69) is 10.6 Å². The number of carbonyl (C=O) groups excluding carboxylic acids is 5. The molecule has 11 heteroatoms. The summed E-state index contributed by atoms with van der Waals surface area (Å²) in [5, 5.41) is 5.62. The van der Waals surface area contributed by atoms with E-state index in [0.29, 0.717) is 24.8 Å². The molecule has 0 spiro atoms. The van der Waals surface area contributed by atoms with Crippen molar-refractivity contribution in [2.24, 2.45) is 11.8 Å². The Hall–Kier alpha value is -4.41. The van der Waals surface area contributed by atoms with Gasteiger partial charge in [0.25, 0.3) is 5.91 Å². The normalized spacial score (nSPS) is 18.7. The molecule has 0 aliphatic carbocycles. The van der Waals surface area contributed by atoms with Crippen LogP contribution in [0.1, 0.15) is 62.9 Å². The van der Waals surface area contributed by atoms with E-state index in [-0.39, 0.29) is 55.0 Å². The standard InChI is InChI=1S/C35H47N5O6/c1-22(2)18-27(36-32(42)25-12-14-26(15-13-25)38(5)6)33(43)39-17-16-29-31(39)30(41)20-40(29)34(44)28(19-23(3)4)37-35(45)46-21-24-10-8-7-9-11-24/h7-15,22-23,27-29,31H,16-21H2,1-6H3,(H,36,42)(H,37,45)/t27-,28+,29+,31?/m0/s1. The third kappa shape index (κ3) is 8.44. The summed E-state index contributed by atoms with van der Waals surface area (Å²) < 4.78 is 5.37. The van der Waals surface area contributed by atoms with Crippen LogP contribution in [0.2, 0.25) is 0 Å². The van der Waals surface area contributed by atoms with Crippen LogP contribution >= 0.6 is 0 Å². The van der Waals surface area contributed by atoms with Gasteiger partial charge in [0, 0.05) is 31.9 Å². The van der Waals surface area contributed by atoms with Gasteiger partial charge in [-0.15, -0.1) is 0 Å². The number of hydrogen-bond acceptors (Lipinski definition) is 7. The van der Waals surface area contributed by atoms with Gasteiger partial charge in [-0.1, -0.05) is 58.0 Å². The molecule has 2 aromatic carbocycles. The van der Waals surface area contributed by atoms with Gasteiger partial charge in [-0.05, 0) is 60.9 Å². The van der Waals surface area contributed by atoms with E-state index < -0.39 is 30.3 Å². The van der Waals surface area contributed by atoms with Gasteiger partial charge in [0.15, 0.2) is 5.78 Å². The maximum absolute atomic E-state index is 13.9. The van der Waals surface area contributed by atoms with Crippen LogP contribution in [0.25, 0.3) is 0 Å². The quantitative estimate of drug-likeness (QED) is 0.366. The number of anilines is 1. The van der Waals surface area contributed by atoms with E-state index in [9.17, 15) is 24.0 Å². The molecule has 2 fully saturated rings. The molecule has 0 bridgehead atoms. The number of nitrogens with one attached hydrogen (secondary N) is 2. The minimum atomic E-state index is -0.883. The summed E-state index contributed by atoms with van der Waals surface area (Å²) >= 11 is 0. The fraction of sp³-hybridized carbons (Fsp3) is 0.514. The molecule has 2 heterocycles. The largest absolute Gasteiger partial charge is 0.445 e. The first-order valence-electron chi connectivity index (χ1n) is 16.0. The highest BCUT2D eigenvalue weighted by molar-refractivity contribution is 6.01. The molecule has 2 N–H and O–H groups in total. The zero-order valence-electron chi connectivity index (χ0n) is 27.7. The highest BCUT2D eigenvalue weighted by Gasteiger charge is 2.53. The Bertz CT molecular complexity index is 1390. The van der Waals surface area contributed by atoms with Gasteiger partial charge >= 0.3 is 6.09 Å². The number of alkyl carbamates (subject to hydrolysis) is 1. The molecule has 0 saturated carbocycles. The van der Waals surface area contributed by atoms with Gasteiger partial charge < -0.3 is 30.1 Å². The Kier molecular flexibility index (Phi) is 11.4. The second-order valence-electron chi connectivity index (χ2n) is 13.3. The van der Waals surface area contributed by atoms with Crippen LogP contribution in [-0.4, -0.2) is 90.8 Å². The van der Waals surface area contributed by atoms with Crippen molar-refractivity contribution < 1.29 is 28.7 Å². The number of hydrogen-bond donors (Lipinski definition) is 2. The molecule has 248 valence electrons. The first kappa shape index (κ1) is 34.5. The Morgan fingerprint density at radius 1 is 0.848 bits per heavy atom. The summed E-state index contributed by atoms with van der Waals surface area (Å²) in [5.74, 6) is -1.11. The maximum atomic E-state index is 13.9. The molecule has 0 radical (unpaired) electrons. The lowest BCUT2D eigenvalue weighted by Crippen LogP contribution is -2.53. The third-order valence-electron chi connectivity index (χ3n) is 8.46.